The lowest BCUT2D eigenvalue weighted by Gasteiger charge is -2.12. The second-order valence-corrected chi connectivity index (χ2v) is 8.87. The Kier molecular flexibility index (Phi) is 6.06. The van der Waals surface area contributed by atoms with E-state index in [1.165, 1.54) is 0 Å². The van der Waals surface area contributed by atoms with Gasteiger partial charge in [0, 0.05) is 32.4 Å². The molecule has 0 fully saturated rings. The number of carbonyl (C=O) groups excluding carboxylic acids is 1. The van der Waals surface area contributed by atoms with E-state index in [-0.39, 0.29) is 5.91 Å². The van der Waals surface area contributed by atoms with Crippen LogP contribution in [-0.2, 0) is 0 Å². The summed E-state index contributed by atoms with van der Waals surface area (Å²) in [6, 6.07) is 31.0. The van der Waals surface area contributed by atoms with Gasteiger partial charge in [-0.1, -0.05) is 64.5 Å². The molecule has 0 bridgehead atoms. The van der Waals surface area contributed by atoms with Gasteiger partial charge in [-0.25, -0.2) is 9.97 Å². The first-order valence-electron chi connectivity index (χ1n) is 10.8. The van der Waals surface area contributed by atoms with E-state index in [0.717, 1.165) is 43.6 Å². The highest BCUT2D eigenvalue weighted by molar-refractivity contribution is 9.10. The van der Waals surface area contributed by atoms with Crippen LogP contribution in [0.1, 0.15) is 15.9 Å². The van der Waals surface area contributed by atoms with E-state index < -0.39 is 0 Å². The van der Waals surface area contributed by atoms with E-state index >= 15 is 0 Å². The first-order valence-corrected chi connectivity index (χ1v) is 11.6. The number of nitrogens with zero attached hydrogens (tertiary/aromatic N) is 2. The van der Waals surface area contributed by atoms with Gasteiger partial charge in [-0.05, 0) is 61.0 Å². The Morgan fingerprint density at radius 3 is 2.41 bits per heavy atom. The predicted molar refractivity (Wildman–Crippen MR) is 142 cm³/mol. The summed E-state index contributed by atoms with van der Waals surface area (Å²) in [5.41, 5.74) is 5.78. The summed E-state index contributed by atoms with van der Waals surface area (Å²) in [4.78, 5) is 22.3. The number of aromatic nitrogens is 2. The van der Waals surface area contributed by atoms with Crippen molar-refractivity contribution in [2.45, 2.75) is 6.92 Å². The molecule has 1 amide bonds. The molecule has 6 heteroatoms. The molecule has 0 aliphatic rings. The normalized spacial score (nSPS) is 10.8. The molecular formula is C28H21BrN4O. The van der Waals surface area contributed by atoms with E-state index in [1.54, 1.807) is 12.1 Å². The van der Waals surface area contributed by atoms with Crippen molar-refractivity contribution in [3.63, 3.8) is 0 Å². The number of aryl methyl sites for hydroxylation is 1. The molecule has 5 rings (SSSR count). The zero-order valence-corrected chi connectivity index (χ0v) is 20.0. The Morgan fingerprint density at radius 1 is 0.794 bits per heavy atom. The number of halogens is 1. The van der Waals surface area contributed by atoms with Crippen LogP contribution < -0.4 is 10.6 Å². The van der Waals surface area contributed by atoms with Crippen LogP contribution in [0.25, 0.3) is 22.2 Å². The Hall–Kier alpha value is -4.03. The highest BCUT2D eigenvalue weighted by atomic mass is 79.9. The standard InChI is InChI=1S/C28H21BrN4O/c1-18-7-5-11-22(15-18)30-27(34)20-10-6-12-23(16-20)31-28-32-25-14-13-21(29)17-24(25)26(33-28)19-8-3-2-4-9-19/h2-17H,1H3,(H,30,34)(H,31,32,33). The molecule has 0 aliphatic heterocycles. The second kappa shape index (κ2) is 9.45. The number of rotatable bonds is 5. The quantitative estimate of drug-likeness (QED) is 0.260. The van der Waals surface area contributed by atoms with Crippen molar-refractivity contribution in [3.05, 3.63) is 113 Å². The molecule has 0 atom stereocenters. The lowest BCUT2D eigenvalue weighted by atomic mass is 10.1. The number of benzene rings is 4. The van der Waals surface area contributed by atoms with E-state index in [1.807, 2.05) is 91.9 Å². The molecule has 1 aromatic heterocycles. The number of amides is 1. The largest absolute Gasteiger partial charge is 0.324 e. The van der Waals surface area contributed by atoms with Crippen molar-refractivity contribution in [2.24, 2.45) is 0 Å². The number of nitrogens with one attached hydrogen (secondary N) is 2. The lowest BCUT2D eigenvalue weighted by molar-refractivity contribution is 0.102. The maximum absolute atomic E-state index is 12.8. The van der Waals surface area contributed by atoms with Gasteiger partial charge in [-0.2, -0.15) is 0 Å². The lowest BCUT2D eigenvalue weighted by Crippen LogP contribution is -2.12. The minimum absolute atomic E-state index is 0.177. The third-order valence-corrected chi connectivity index (χ3v) is 5.86. The number of hydrogen-bond acceptors (Lipinski definition) is 4. The molecule has 0 radical (unpaired) electrons. The van der Waals surface area contributed by atoms with E-state index in [9.17, 15) is 4.79 Å². The van der Waals surface area contributed by atoms with Gasteiger partial charge in [0.15, 0.2) is 0 Å². The third kappa shape index (κ3) is 4.82. The number of carbonyl (C=O) groups is 1. The van der Waals surface area contributed by atoms with Gasteiger partial charge in [0.1, 0.15) is 0 Å². The maximum atomic E-state index is 12.8. The molecule has 34 heavy (non-hydrogen) atoms. The molecule has 0 aliphatic carbocycles. The molecular weight excluding hydrogens is 488 g/mol. The van der Waals surface area contributed by atoms with Crippen molar-refractivity contribution < 1.29 is 4.79 Å². The van der Waals surface area contributed by atoms with Crippen molar-refractivity contribution in [1.29, 1.82) is 0 Å². The van der Waals surface area contributed by atoms with Crippen LogP contribution in [-0.4, -0.2) is 15.9 Å². The van der Waals surface area contributed by atoms with E-state index in [2.05, 4.69) is 26.6 Å². The summed E-state index contributed by atoms with van der Waals surface area (Å²) < 4.78 is 0.966. The van der Waals surface area contributed by atoms with Crippen LogP contribution in [0.5, 0.6) is 0 Å². The maximum Gasteiger partial charge on any atom is 0.255 e. The highest BCUT2D eigenvalue weighted by Crippen LogP contribution is 2.30. The molecule has 0 unspecified atom stereocenters. The SMILES string of the molecule is Cc1cccc(NC(=O)c2cccc(Nc3nc(-c4ccccc4)c4cc(Br)ccc4n3)c2)c1. The van der Waals surface area contributed by atoms with Crippen LogP contribution in [0, 0.1) is 6.92 Å². The Balaban J connectivity index is 1.47. The molecule has 2 N–H and O–H groups in total. The van der Waals surface area contributed by atoms with Gasteiger partial charge in [0.25, 0.3) is 5.91 Å². The topological polar surface area (TPSA) is 66.9 Å². The fourth-order valence-electron chi connectivity index (χ4n) is 3.77. The summed E-state index contributed by atoms with van der Waals surface area (Å²) >= 11 is 3.55. The van der Waals surface area contributed by atoms with Gasteiger partial charge >= 0.3 is 0 Å². The summed E-state index contributed by atoms with van der Waals surface area (Å²) in [6.07, 6.45) is 0. The predicted octanol–water partition coefficient (Wildman–Crippen LogP) is 7.36. The Morgan fingerprint density at radius 2 is 1.59 bits per heavy atom. The summed E-state index contributed by atoms with van der Waals surface area (Å²) in [5.74, 6) is 0.286. The molecule has 4 aromatic carbocycles. The van der Waals surface area contributed by atoms with Crippen molar-refractivity contribution in [2.75, 3.05) is 10.6 Å². The fourth-order valence-corrected chi connectivity index (χ4v) is 4.13. The third-order valence-electron chi connectivity index (χ3n) is 5.36. The molecule has 5 nitrogen and oxygen atoms in total. The average molecular weight is 509 g/mol. The molecule has 0 saturated heterocycles. The minimum Gasteiger partial charge on any atom is -0.324 e. The number of hydrogen-bond donors (Lipinski definition) is 2. The van der Waals surface area contributed by atoms with Crippen LogP contribution in [0.15, 0.2) is 102 Å². The number of fused-ring (bicyclic) bond motifs is 1. The van der Waals surface area contributed by atoms with Crippen molar-refractivity contribution in [1.82, 2.24) is 9.97 Å². The van der Waals surface area contributed by atoms with Crippen LogP contribution in [0.3, 0.4) is 0 Å². The molecule has 5 aromatic rings. The zero-order valence-electron chi connectivity index (χ0n) is 18.4. The fraction of sp³-hybridized carbons (Fsp3) is 0.0357. The highest BCUT2D eigenvalue weighted by Gasteiger charge is 2.12. The molecule has 0 spiro atoms. The minimum atomic E-state index is -0.177. The molecule has 1 heterocycles. The van der Waals surface area contributed by atoms with E-state index in [0.29, 0.717) is 11.5 Å². The van der Waals surface area contributed by atoms with Crippen molar-refractivity contribution >= 4 is 50.1 Å². The summed E-state index contributed by atoms with van der Waals surface area (Å²) in [6.45, 7) is 1.99. The Bertz CT molecular complexity index is 1500. The van der Waals surface area contributed by atoms with Crippen molar-refractivity contribution in [3.8, 4) is 11.3 Å². The summed E-state index contributed by atoms with van der Waals surface area (Å²) in [5, 5.41) is 7.18. The number of anilines is 3. The van der Waals surface area contributed by atoms with Gasteiger partial charge in [-0.3, -0.25) is 4.79 Å². The Labute approximate surface area is 206 Å². The van der Waals surface area contributed by atoms with Crippen LogP contribution in [0.4, 0.5) is 17.3 Å². The first-order chi connectivity index (χ1) is 16.5. The zero-order chi connectivity index (χ0) is 23.5. The first kappa shape index (κ1) is 21.8. The summed E-state index contributed by atoms with van der Waals surface area (Å²) in [7, 11) is 0. The van der Waals surface area contributed by atoms with Crippen LogP contribution in [0.2, 0.25) is 0 Å². The average Bonchev–Trinajstić information content (AvgIpc) is 2.84. The molecule has 166 valence electrons. The second-order valence-electron chi connectivity index (χ2n) is 7.95. The van der Waals surface area contributed by atoms with E-state index in [4.69, 9.17) is 9.97 Å². The van der Waals surface area contributed by atoms with Gasteiger partial charge < -0.3 is 10.6 Å². The monoisotopic (exact) mass is 508 g/mol. The molecule has 0 saturated carbocycles. The van der Waals surface area contributed by atoms with Crippen LogP contribution >= 0.6 is 15.9 Å². The van der Waals surface area contributed by atoms with Gasteiger partial charge in [0.2, 0.25) is 5.95 Å². The van der Waals surface area contributed by atoms with Gasteiger partial charge in [0.05, 0.1) is 11.2 Å². The smallest absolute Gasteiger partial charge is 0.255 e. The van der Waals surface area contributed by atoms with Gasteiger partial charge in [-0.15, -0.1) is 0 Å².